The number of nitrogens with zero attached hydrogens (tertiary/aromatic N) is 1. The van der Waals surface area contributed by atoms with Crippen LogP contribution in [-0.4, -0.2) is 37.2 Å². The molecule has 1 heterocycles. The lowest BCUT2D eigenvalue weighted by Gasteiger charge is -2.13. The van der Waals surface area contributed by atoms with E-state index in [4.69, 9.17) is 9.84 Å². The number of hydrogen-bond acceptors (Lipinski definition) is 4. The molecular formula is C7H14N2O2. The van der Waals surface area contributed by atoms with Crippen LogP contribution in [0.1, 0.15) is 12.8 Å². The second-order valence-electron chi connectivity index (χ2n) is 2.47. The first kappa shape index (κ1) is 8.49. The fourth-order valence-electron chi connectivity index (χ4n) is 0.946. The Morgan fingerprint density at radius 2 is 2.55 bits per heavy atom. The molecule has 0 aromatic rings. The van der Waals surface area contributed by atoms with Gasteiger partial charge in [0.25, 0.3) is 0 Å². The first-order valence-electron chi connectivity index (χ1n) is 3.90. The van der Waals surface area contributed by atoms with Crippen molar-refractivity contribution in [2.45, 2.75) is 12.8 Å². The van der Waals surface area contributed by atoms with E-state index in [1.165, 1.54) is 0 Å². The minimum absolute atomic E-state index is 0.123. The highest BCUT2D eigenvalue weighted by atomic mass is 16.5. The lowest BCUT2D eigenvalue weighted by Crippen LogP contribution is -2.21. The first-order valence-corrected chi connectivity index (χ1v) is 3.90. The molecule has 0 radical (unpaired) electrons. The van der Waals surface area contributed by atoms with Gasteiger partial charge in [0.05, 0.1) is 25.5 Å². The maximum absolute atomic E-state index is 8.43. The van der Waals surface area contributed by atoms with Crippen LogP contribution in [0.15, 0.2) is 5.10 Å². The van der Waals surface area contributed by atoms with Crippen molar-refractivity contribution in [1.29, 1.82) is 0 Å². The van der Waals surface area contributed by atoms with Gasteiger partial charge >= 0.3 is 0 Å². The van der Waals surface area contributed by atoms with Gasteiger partial charge < -0.3 is 15.3 Å². The van der Waals surface area contributed by atoms with E-state index < -0.39 is 0 Å². The summed E-state index contributed by atoms with van der Waals surface area (Å²) in [6, 6.07) is 0. The van der Waals surface area contributed by atoms with E-state index in [0.29, 0.717) is 13.2 Å². The van der Waals surface area contributed by atoms with Gasteiger partial charge in [-0.05, 0) is 12.8 Å². The molecule has 11 heavy (non-hydrogen) atoms. The minimum atomic E-state index is 0.123. The van der Waals surface area contributed by atoms with Gasteiger partial charge in [-0.15, -0.1) is 0 Å². The highest BCUT2D eigenvalue weighted by Gasteiger charge is 2.05. The van der Waals surface area contributed by atoms with Crippen LogP contribution in [-0.2, 0) is 4.74 Å². The first-order chi connectivity index (χ1) is 5.43. The zero-order chi connectivity index (χ0) is 7.94. The topological polar surface area (TPSA) is 53.8 Å². The summed E-state index contributed by atoms with van der Waals surface area (Å²) in [6.07, 6.45) is 2.07. The smallest absolute Gasteiger partial charge is 0.0866 e. The number of rotatable bonds is 3. The summed E-state index contributed by atoms with van der Waals surface area (Å²) in [5.74, 6) is 0. The molecule has 1 fully saturated rings. The second-order valence-corrected chi connectivity index (χ2v) is 2.47. The molecule has 0 aromatic heterocycles. The van der Waals surface area contributed by atoms with Crippen LogP contribution >= 0.6 is 0 Å². The monoisotopic (exact) mass is 158 g/mol. The Hall–Kier alpha value is -0.610. The van der Waals surface area contributed by atoms with E-state index in [2.05, 4.69) is 10.5 Å². The van der Waals surface area contributed by atoms with Crippen LogP contribution in [0.2, 0.25) is 0 Å². The SMILES string of the molecule is OCCN/N=C1\CCCOC1. The van der Waals surface area contributed by atoms with E-state index in [1.807, 2.05) is 0 Å². The molecule has 4 heteroatoms. The van der Waals surface area contributed by atoms with Crippen LogP contribution in [0, 0.1) is 0 Å². The molecule has 0 amide bonds. The van der Waals surface area contributed by atoms with E-state index in [1.54, 1.807) is 0 Å². The van der Waals surface area contributed by atoms with E-state index >= 15 is 0 Å². The van der Waals surface area contributed by atoms with Crippen molar-refractivity contribution in [2.24, 2.45) is 5.10 Å². The van der Waals surface area contributed by atoms with Crippen LogP contribution < -0.4 is 5.43 Å². The molecule has 0 atom stereocenters. The Labute approximate surface area is 66.2 Å². The molecule has 1 rings (SSSR count). The number of ether oxygens (including phenoxy) is 1. The van der Waals surface area contributed by atoms with Gasteiger partial charge in [-0.25, -0.2) is 0 Å². The predicted molar refractivity (Wildman–Crippen MR) is 42.6 cm³/mol. The molecule has 0 spiro atoms. The van der Waals surface area contributed by atoms with Crippen LogP contribution in [0.3, 0.4) is 0 Å². The van der Waals surface area contributed by atoms with E-state index in [0.717, 1.165) is 25.2 Å². The van der Waals surface area contributed by atoms with Crippen molar-refractivity contribution in [1.82, 2.24) is 5.43 Å². The molecule has 0 aromatic carbocycles. The molecule has 0 saturated carbocycles. The molecule has 0 unspecified atom stereocenters. The number of hydrogen-bond donors (Lipinski definition) is 2. The molecule has 1 saturated heterocycles. The summed E-state index contributed by atoms with van der Waals surface area (Å²) in [4.78, 5) is 0. The van der Waals surface area contributed by atoms with E-state index in [9.17, 15) is 0 Å². The molecule has 64 valence electrons. The fourth-order valence-corrected chi connectivity index (χ4v) is 0.946. The van der Waals surface area contributed by atoms with Gasteiger partial charge in [-0.1, -0.05) is 0 Å². The summed E-state index contributed by atoms with van der Waals surface area (Å²) in [5.41, 5.74) is 3.81. The van der Waals surface area contributed by atoms with Gasteiger partial charge in [0.1, 0.15) is 0 Å². The Bertz CT molecular complexity index is 128. The molecule has 1 aliphatic heterocycles. The largest absolute Gasteiger partial charge is 0.394 e. The summed E-state index contributed by atoms with van der Waals surface area (Å²) < 4.78 is 5.18. The lowest BCUT2D eigenvalue weighted by molar-refractivity contribution is 0.154. The number of aliphatic hydroxyl groups excluding tert-OH is 1. The third kappa shape index (κ3) is 3.34. The Morgan fingerprint density at radius 1 is 1.64 bits per heavy atom. The summed E-state index contributed by atoms with van der Waals surface area (Å²) in [7, 11) is 0. The van der Waals surface area contributed by atoms with Crippen LogP contribution in [0.4, 0.5) is 0 Å². The standard InChI is InChI=1S/C7H14N2O2/c10-4-3-8-9-7-2-1-5-11-6-7/h8,10H,1-6H2/b9-7+. The zero-order valence-electron chi connectivity index (χ0n) is 6.55. The van der Waals surface area contributed by atoms with Crippen molar-refractivity contribution in [2.75, 3.05) is 26.4 Å². The highest BCUT2D eigenvalue weighted by Crippen LogP contribution is 2.01. The number of hydrazone groups is 1. The highest BCUT2D eigenvalue weighted by molar-refractivity contribution is 5.85. The lowest BCUT2D eigenvalue weighted by atomic mass is 10.2. The Kier molecular flexibility index (Phi) is 3.93. The van der Waals surface area contributed by atoms with Gasteiger partial charge in [-0.3, -0.25) is 0 Å². The normalized spacial score (nSPS) is 22.1. The summed E-state index contributed by atoms with van der Waals surface area (Å²) >= 11 is 0. The average Bonchev–Trinajstić information content (AvgIpc) is 2.07. The average molecular weight is 158 g/mol. The molecule has 4 nitrogen and oxygen atoms in total. The second kappa shape index (κ2) is 5.09. The van der Waals surface area contributed by atoms with Crippen molar-refractivity contribution in [3.05, 3.63) is 0 Å². The maximum atomic E-state index is 8.43. The number of aliphatic hydroxyl groups is 1. The van der Waals surface area contributed by atoms with Crippen molar-refractivity contribution in [3.63, 3.8) is 0 Å². The maximum Gasteiger partial charge on any atom is 0.0866 e. The van der Waals surface area contributed by atoms with Crippen molar-refractivity contribution >= 4 is 5.71 Å². The Balaban J connectivity index is 2.15. The fraction of sp³-hybridized carbons (Fsp3) is 0.857. The van der Waals surface area contributed by atoms with Crippen LogP contribution in [0.5, 0.6) is 0 Å². The van der Waals surface area contributed by atoms with Gasteiger partial charge in [0.15, 0.2) is 0 Å². The minimum Gasteiger partial charge on any atom is -0.394 e. The number of nitrogens with one attached hydrogen (secondary N) is 1. The quantitative estimate of drug-likeness (QED) is 0.439. The predicted octanol–water partition coefficient (Wildman–Crippen LogP) is -0.265. The molecule has 0 aliphatic carbocycles. The van der Waals surface area contributed by atoms with Gasteiger partial charge in [-0.2, -0.15) is 5.10 Å². The summed E-state index contributed by atoms with van der Waals surface area (Å²) in [6.45, 7) is 2.12. The van der Waals surface area contributed by atoms with Gasteiger partial charge in [0.2, 0.25) is 0 Å². The zero-order valence-corrected chi connectivity index (χ0v) is 6.55. The van der Waals surface area contributed by atoms with Gasteiger partial charge in [0, 0.05) is 6.61 Å². The third-order valence-corrected chi connectivity index (χ3v) is 1.48. The molecule has 2 N–H and O–H groups in total. The van der Waals surface area contributed by atoms with Crippen molar-refractivity contribution in [3.8, 4) is 0 Å². The molecule has 1 aliphatic rings. The molecular weight excluding hydrogens is 144 g/mol. The van der Waals surface area contributed by atoms with Crippen molar-refractivity contribution < 1.29 is 9.84 Å². The Morgan fingerprint density at radius 3 is 3.18 bits per heavy atom. The van der Waals surface area contributed by atoms with Crippen LogP contribution in [0.25, 0.3) is 0 Å². The molecule has 0 bridgehead atoms. The van der Waals surface area contributed by atoms with E-state index in [-0.39, 0.29) is 6.61 Å². The summed E-state index contributed by atoms with van der Waals surface area (Å²) in [5, 5.41) is 12.5. The third-order valence-electron chi connectivity index (χ3n) is 1.48.